The van der Waals surface area contributed by atoms with Crippen molar-refractivity contribution in [3.63, 3.8) is 0 Å². The Morgan fingerprint density at radius 3 is 2.26 bits per heavy atom. The summed E-state index contributed by atoms with van der Waals surface area (Å²) in [6.07, 6.45) is -0.508. The van der Waals surface area contributed by atoms with Gasteiger partial charge in [-0.1, -0.05) is 36.4 Å². The van der Waals surface area contributed by atoms with Crippen LogP contribution in [-0.4, -0.2) is 44.6 Å². The van der Waals surface area contributed by atoms with Crippen molar-refractivity contribution in [3.05, 3.63) is 59.7 Å². The van der Waals surface area contributed by atoms with E-state index in [2.05, 4.69) is 38.1 Å². The van der Waals surface area contributed by atoms with Gasteiger partial charge in [-0.05, 0) is 31.5 Å². The predicted octanol–water partition coefficient (Wildman–Crippen LogP) is 2.07. The van der Waals surface area contributed by atoms with Crippen molar-refractivity contribution in [1.29, 1.82) is 0 Å². The van der Waals surface area contributed by atoms with Crippen molar-refractivity contribution in [1.82, 2.24) is 0 Å². The Morgan fingerprint density at radius 2 is 1.63 bits per heavy atom. The molecule has 0 saturated heterocycles. The molecule has 2 aromatic rings. The van der Waals surface area contributed by atoms with Crippen molar-refractivity contribution < 1.29 is 24.2 Å². The molecule has 27 heavy (non-hydrogen) atoms. The van der Waals surface area contributed by atoms with E-state index >= 15 is 0 Å². The smallest absolute Gasteiger partial charge is 0.161 e. The van der Waals surface area contributed by atoms with Crippen molar-refractivity contribution in [3.8, 4) is 11.5 Å². The number of aliphatic hydroxyl groups excluding tert-OH is 1. The number of methoxy groups -OCH3 is 2. The Bertz CT molecular complexity index is 675. The Labute approximate surface area is 162 Å². The van der Waals surface area contributed by atoms with Crippen LogP contribution in [0.3, 0.4) is 0 Å². The number of benzene rings is 2. The quantitative estimate of drug-likeness (QED) is 0.632. The molecule has 2 N–H and O–H groups in total. The second kappa shape index (κ2) is 10.9. The Hall–Kier alpha value is -2.08. The molecule has 0 aliphatic carbocycles. The van der Waals surface area contributed by atoms with Gasteiger partial charge < -0.3 is 24.2 Å². The Balaban J connectivity index is 1.82. The Morgan fingerprint density at radius 1 is 0.926 bits per heavy atom. The second-order valence-corrected chi connectivity index (χ2v) is 7.04. The van der Waals surface area contributed by atoms with Crippen LogP contribution in [0.2, 0.25) is 0 Å². The average molecular weight is 375 g/mol. The van der Waals surface area contributed by atoms with E-state index in [1.54, 1.807) is 14.2 Å². The van der Waals surface area contributed by atoms with E-state index in [1.807, 2.05) is 24.3 Å². The minimum absolute atomic E-state index is 0.305. The number of ether oxygens (including phenoxy) is 3. The lowest BCUT2D eigenvalue weighted by Gasteiger charge is -2.26. The van der Waals surface area contributed by atoms with Crippen LogP contribution >= 0.6 is 0 Å². The van der Waals surface area contributed by atoms with Crippen LogP contribution in [0, 0.1) is 0 Å². The standard InChI is InChI=1S/C22H31NO4/c1-17(2)23(13-18-8-6-5-7-9-18)14-20(24)16-27-15-19-10-11-21(25-3)22(12-19)26-4/h5-12,17,20,24H,13-16H2,1-4H3/p+1/t20-/m0/s1. The fraction of sp³-hybridized carbons (Fsp3) is 0.455. The molecule has 0 aromatic heterocycles. The first-order valence-corrected chi connectivity index (χ1v) is 9.38. The topological polar surface area (TPSA) is 52.4 Å². The van der Waals surface area contributed by atoms with E-state index in [-0.39, 0.29) is 0 Å². The average Bonchev–Trinajstić information content (AvgIpc) is 2.68. The van der Waals surface area contributed by atoms with Gasteiger partial charge in [-0.3, -0.25) is 0 Å². The van der Waals surface area contributed by atoms with E-state index in [9.17, 15) is 5.11 Å². The fourth-order valence-electron chi connectivity index (χ4n) is 3.01. The van der Waals surface area contributed by atoms with E-state index < -0.39 is 6.10 Å². The SMILES string of the molecule is COc1ccc(COC[C@@H](O)C[NH+](Cc2ccccc2)C(C)C)cc1OC. The molecule has 0 spiro atoms. The molecule has 5 nitrogen and oxygen atoms in total. The number of rotatable bonds is 11. The van der Waals surface area contributed by atoms with Crippen LogP contribution in [0.5, 0.6) is 11.5 Å². The van der Waals surface area contributed by atoms with Gasteiger partial charge in [0.15, 0.2) is 11.5 Å². The molecule has 2 atom stereocenters. The molecule has 0 amide bonds. The number of nitrogens with one attached hydrogen (secondary N) is 1. The molecule has 1 unspecified atom stereocenters. The first-order chi connectivity index (χ1) is 13.0. The van der Waals surface area contributed by atoms with Crippen LogP contribution in [0.15, 0.2) is 48.5 Å². The van der Waals surface area contributed by atoms with Crippen molar-refractivity contribution in [2.75, 3.05) is 27.4 Å². The summed E-state index contributed by atoms with van der Waals surface area (Å²) in [6.45, 7) is 6.63. The summed E-state index contributed by atoms with van der Waals surface area (Å²) >= 11 is 0. The van der Waals surface area contributed by atoms with Gasteiger partial charge in [0.25, 0.3) is 0 Å². The highest BCUT2D eigenvalue weighted by atomic mass is 16.5. The lowest BCUT2D eigenvalue weighted by Crippen LogP contribution is -3.14. The molecular formula is C22H32NO4+. The maximum atomic E-state index is 10.4. The molecule has 0 bridgehead atoms. The van der Waals surface area contributed by atoms with Gasteiger partial charge in [0.1, 0.15) is 19.2 Å². The van der Waals surface area contributed by atoms with Crippen LogP contribution in [0.1, 0.15) is 25.0 Å². The highest BCUT2D eigenvalue weighted by molar-refractivity contribution is 5.42. The highest BCUT2D eigenvalue weighted by Crippen LogP contribution is 2.27. The molecule has 5 heteroatoms. The van der Waals surface area contributed by atoms with E-state index in [0.717, 1.165) is 12.1 Å². The molecule has 2 aromatic carbocycles. The van der Waals surface area contributed by atoms with Gasteiger partial charge in [0, 0.05) is 5.56 Å². The lowest BCUT2D eigenvalue weighted by molar-refractivity contribution is -0.937. The van der Waals surface area contributed by atoms with E-state index in [4.69, 9.17) is 14.2 Å². The number of quaternary nitrogens is 1. The minimum Gasteiger partial charge on any atom is -0.493 e. The lowest BCUT2D eigenvalue weighted by atomic mass is 10.1. The fourth-order valence-corrected chi connectivity index (χ4v) is 3.01. The summed E-state index contributed by atoms with van der Waals surface area (Å²) in [6, 6.07) is 16.5. The van der Waals surface area contributed by atoms with Crippen molar-refractivity contribution >= 4 is 0 Å². The van der Waals surface area contributed by atoms with Crippen molar-refractivity contribution in [2.24, 2.45) is 0 Å². The molecule has 0 heterocycles. The Kier molecular flexibility index (Phi) is 8.58. The maximum absolute atomic E-state index is 10.4. The first kappa shape index (κ1) is 21.2. The van der Waals surface area contributed by atoms with Gasteiger partial charge in [0.05, 0.1) is 33.5 Å². The monoisotopic (exact) mass is 374 g/mol. The van der Waals surface area contributed by atoms with Gasteiger partial charge in [-0.15, -0.1) is 0 Å². The van der Waals surface area contributed by atoms with Gasteiger partial charge >= 0.3 is 0 Å². The second-order valence-electron chi connectivity index (χ2n) is 7.04. The van der Waals surface area contributed by atoms with Crippen LogP contribution in [0.25, 0.3) is 0 Å². The molecule has 0 aliphatic rings. The third-order valence-corrected chi connectivity index (χ3v) is 4.62. The molecule has 0 fully saturated rings. The summed E-state index contributed by atoms with van der Waals surface area (Å²) in [5.41, 5.74) is 2.26. The normalized spacial score (nSPS) is 13.4. The van der Waals surface area contributed by atoms with E-state index in [0.29, 0.717) is 37.3 Å². The number of hydrogen-bond donors (Lipinski definition) is 2. The zero-order valence-electron chi connectivity index (χ0n) is 16.8. The zero-order valence-corrected chi connectivity index (χ0v) is 16.8. The van der Waals surface area contributed by atoms with Crippen LogP contribution in [-0.2, 0) is 17.9 Å². The molecule has 0 radical (unpaired) electrons. The van der Waals surface area contributed by atoms with Gasteiger partial charge in [-0.25, -0.2) is 0 Å². The summed E-state index contributed by atoms with van der Waals surface area (Å²) in [4.78, 5) is 1.34. The largest absolute Gasteiger partial charge is 0.493 e. The molecule has 148 valence electrons. The predicted molar refractivity (Wildman–Crippen MR) is 106 cm³/mol. The minimum atomic E-state index is -0.508. The van der Waals surface area contributed by atoms with Gasteiger partial charge in [-0.2, -0.15) is 0 Å². The third-order valence-electron chi connectivity index (χ3n) is 4.62. The number of aliphatic hydroxyl groups is 1. The summed E-state index contributed by atoms with van der Waals surface area (Å²) in [7, 11) is 3.23. The summed E-state index contributed by atoms with van der Waals surface area (Å²) in [5, 5.41) is 10.4. The molecule has 2 rings (SSSR count). The molecular weight excluding hydrogens is 342 g/mol. The number of hydrogen-bond acceptors (Lipinski definition) is 4. The van der Waals surface area contributed by atoms with Gasteiger partial charge in [0.2, 0.25) is 0 Å². The van der Waals surface area contributed by atoms with Crippen molar-refractivity contribution in [2.45, 2.75) is 39.1 Å². The summed E-state index contributed by atoms with van der Waals surface area (Å²) in [5.74, 6) is 1.37. The first-order valence-electron chi connectivity index (χ1n) is 9.38. The molecule has 0 saturated carbocycles. The van der Waals surface area contributed by atoms with Crippen LogP contribution in [0.4, 0.5) is 0 Å². The molecule has 0 aliphatic heterocycles. The summed E-state index contributed by atoms with van der Waals surface area (Å²) < 4.78 is 16.3. The highest BCUT2D eigenvalue weighted by Gasteiger charge is 2.19. The van der Waals surface area contributed by atoms with E-state index in [1.165, 1.54) is 10.5 Å². The third kappa shape index (κ3) is 6.86. The zero-order chi connectivity index (χ0) is 19.6. The van der Waals surface area contributed by atoms with Crippen LogP contribution < -0.4 is 14.4 Å². The maximum Gasteiger partial charge on any atom is 0.161 e.